The van der Waals surface area contributed by atoms with E-state index in [1.807, 2.05) is 6.07 Å². The number of benzene rings is 2. The highest BCUT2D eigenvalue weighted by Gasteiger charge is 2.30. The van der Waals surface area contributed by atoms with Gasteiger partial charge in [0.2, 0.25) is 0 Å². The number of aliphatic hydroxyl groups is 1. The van der Waals surface area contributed by atoms with Crippen LogP contribution in [0.3, 0.4) is 0 Å². The van der Waals surface area contributed by atoms with Gasteiger partial charge in [-0.15, -0.1) is 0 Å². The van der Waals surface area contributed by atoms with E-state index in [1.165, 1.54) is 12.1 Å². The van der Waals surface area contributed by atoms with Gasteiger partial charge in [0, 0.05) is 3.57 Å². The lowest BCUT2D eigenvalue weighted by Crippen LogP contribution is -2.06. The molecule has 0 saturated heterocycles. The highest BCUT2D eigenvalue weighted by Crippen LogP contribution is 2.31. The van der Waals surface area contributed by atoms with Crippen molar-refractivity contribution < 1.29 is 18.3 Å². The summed E-state index contributed by atoms with van der Waals surface area (Å²) in [6.45, 7) is 0. The van der Waals surface area contributed by atoms with E-state index in [2.05, 4.69) is 22.6 Å². The quantitative estimate of drug-likeness (QED) is 0.769. The highest BCUT2D eigenvalue weighted by molar-refractivity contribution is 14.1. The minimum atomic E-state index is -4.36. The molecule has 100 valence electrons. The van der Waals surface area contributed by atoms with Crippen molar-refractivity contribution in [2.24, 2.45) is 0 Å². The summed E-state index contributed by atoms with van der Waals surface area (Å²) < 4.78 is 38.3. The maximum Gasteiger partial charge on any atom is 0.416 e. The topological polar surface area (TPSA) is 20.2 Å². The van der Waals surface area contributed by atoms with E-state index in [-0.39, 0.29) is 0 Å². The van der Waals surface area contributed by atoms with Crippen molar-refractivity contribution in [2.75, 3.05) is 0 Å². The van der Waals surface area contributed by atoms with Crippen LogP contribution in [0.15, 0.2) is 48.5 Å². The fourth-order valence-electron chi connectivity index (χ4n) is 1.72. The van der Waals surface area contributed by atoms with E-state index < -0.39 is 17.8 Å². The molecule has 0 amide bonds. The van der Waals surface area contributed by atoms with E-state index in [0.29, 0.717) is 11.1 Å². The number of halogens is 4. The van der Waals surface area contributed by atoms with Crippen LogP contribution in [0, 0.1) is 3.57 Å². The Morgan fingerprint density at radius 3 is 2.11 bits per heavy atom. The Bertz CT molecular complexity index is 564. The number of hydrogen-bond donors (Lipinski definition) is 1. The minimum absolute atomic E-state index is 0.440. The first-order chi connectivity index (χ1) is 8.88. The van der Waals surface area contributed by atoms with Crippen molar-refractivity contribution in [1.82, 2.24) is 0 Å². The van der Waals surface area contributed by atoms with Crippen LogP contribution in [0.2, 0.25) is 0 Å². The van der Waals surface area contributed by atoms with Gasteiger partial charge in [-0.3, -0.25) is 0 Å². The third-order valence-corrected chi connectivity index (χ3v) is 3.39. The normalized spacial score (nSPS) is 13.3. The molecule has 0 aliphatic rings. The molecule has 0 fully saturated rings. The van der Waals surface area contributed by atoms with Crippen molar-refractivity contribution in [2.45, 2.75) is 12.3 Å². The molecule has 0 bridgehead atoms. The van der Waals surface area contributed by atoms with E-state index in [0.717, 1.165) is 15.7 Å². The third-order valence-electron chi connectivity index (χ3n) is 2.72. The maximum absolute atomic E-state index is 12.4. The second-order valence-electron chi connectivity index (χ2n) is 4.08. The van der Waals surface area contributed by atoms with Gasteiger partial charge in [0.25, 0.3) is 0 Å². The summed E-state index contributed by atoms with van der Waals surface area (Å²) in [5.41, 5.74) is 0.382. The summed E-state index contributed by atoms with van der Waals surface area (Å²) in [5, 5.41) is 10.1. The predicted molar refractivity (Wildman–Crippen MR) is 74.7 cm³/mol. The second kappa shape index (κ2) is 5.50. The van der Waals surface area contributed by atoms with Crippen molar-refractivity contribution in [1.29, 1.82) is 0 Å². The zero-order valence-corrected chi connectivity index (χ0v) is 11.8. The summed E-state index contributed by atoms with van der Waals surface area (Å²) in [6, 6.07) is 11.8. The molecule has 19 heavy (non-hydrogen) atoms. The molecular formula is C14H10F3IO. The van der Waals surface area contributed by atoms with Gasteiger partial charge in [-0.05, 0) is 58.0 Å². The average Bonchev–Trinajstić information content (AvgIpc) is 2.37. The van der Waals surface area contributed by atoms with Crippen LogP contribution < -0.4 is 0 Å². The third kappa shape index (κ3) is 3.48. The molecule has 2 aromatic carbocycles. The molecule has 1 unspecified atom stereocenters. The zero-order valence-electron chi connectivity index (χ0n) is 9.66. The van der Waals surface area contributed by atoms with Crippen LogP contribution in [-0.2, 0) is 6.18 Å². The molecule has 0 aliphatic heterocycles. The molecule has 1 nitrogen and oxygen atoms in total. The zero-order chi connectivity index (χ0) is 14.0. The summed E-state index contributed by atoms with van der Waals surface area (Å²) in [7, 11) is 0. The van der Waals surface area contributed by atoms with Gasteiger partial charge < -0.3 is 5.11 Å². The standard InChI is InChI=1S/C14H10F3IO/c15-14(16,17)11-6-4-9(5-7-11)13(19)10-2-1-3-12(18)8-10/h1-8,13,19H. The van der Waals surface area contributed by atoms with E-state index >= 15 is 0 Å². The number of aliphatic hydroxyl groups excluding tert-OH is 1. The lowest BCUT2D eigenvalue weighted by molar-refractivity contribution is -0.137. The summed E-state index contributed by atoms with van der Waals surface area (Å²) in [4.78, 5) is 0. The molecule has 1 N–H and O–H groups in total. The first kappa shape index (κ1) is 14.3. The van der Waals surface area contributed by atoms with Crippen molar-refractivity contribution in [3.8, 4) is 0 Å². The van der Waals surface area contributed by atoms with Gasteiger partial charge in [0.15, 0.2) is 0 Å². The van der Waals surface area contributed by atoms with Gasteiger partial charge in [0.05, 0.1) is 5.56 Å². The maximum atomic E-state index is 12.4. The van der Waals surface area contributed by atoms with Crippen LogP contribution in [0.4, 0.5) is 13.2 Å². The molecular weight excluding hydrogens is 368 g/mol. The van der Waals surface area contributed by atoms with Crippen LogP contribution in [0.1, 0.15) is 22.8 Å². The summed E-state index contributed by atoms with van der Waals surface area (Å²) in [5.74, 6) is 0. The van der Waals surface area contributed by atoms with Gasteiger partial charge in [0.1, 0.15) is 6.10 Å². The molecule has 0 aliphatic carbocycles. The van der Waals surface area contributed by atoms with Crippen molar-refractivity contribution in [3.05, 3.63) is 68.8 Å². The molecule has 2 aromatic rings. The van der Waals surface area contributed by atoms with E-state index in [1.54, 1.807) is 18.2 Å². The number of rotatable bonds is 2. The molecule has 0 aromatic heterocycles. The molecule has 0 spiro atoms. The fourth-order valence-corrected chi connectivity index (χ4v) is 2.29. The molecule has 1 atom stereocenters. The Labute approximate surface area is 122 Å². The fraction of sp³-hybridized carbons (Fsp3) is 0.143. The molecule has 0 radical (unpaired) electrons. The smallest absolute Gasteiger partial charge is 0.384 e. The number of hydrogen-bond acceptors (Lipinski definition) is 1. The van der Waals surface area contributed by atoms with Crippen LogP contribution in [-0.4, -0.2) is 5.11 Å². The average molecular weight is 378 g/mol. The largest absolute Gasteiger partial charge is 0.416 e. The second-order valence-corrected chi connectivity index (χ2v) is 5.32. The van der Waals surface area contributed by atoms with Gasteiger partial charge in [-0.2, -0.15) is 13.2 Å². The van der Waals surface area contributed by atoms with Gasteiger partial charge in [-0.1, -0.05) is 24.3 Å². The summed E-state index contributed by atoms with van der Waals surface area (Å²) in [6.07, 6.45) is -5.27. The molecule has 2 rings (SSSR count). The molecule has 0 saturated carbocycles. The lowest BCUT2D eigenvalue weighted by atomic mass is 10.0. The van der Waals surface area contributed by atoms with Crippen LogP contribution in [0.25, 0.3) is 0 Å². The van der Waals surface area contributed by atoms with Crippen molar-refractivity contribution in [3.63, 3.8) is 0 Å². The number of alkyl halides is 3. The monoisotopic (exact) mass is 378 g/mol. The Morgan fingerprint density at radius 2 is 1.58 bits per heavy atom. The minimum Gasteiger partial charge on any atom is -0.384 e. The van der Waals surface area contributed by atoms with Crippen LogP contribution >= 0.6 is 22.6 Å². The van der Waals surface area contributed by atoms with Crippen LogP contribution in [0.5, 0.6) is 0 Å². The Kier molecular flexibility index (Phi) is 4.15. The Hall–Kier alpha value is -1.08. The van der Waals surface area contributed by atoms with Crippen molar-refractivity contribution >= 4 is 22.6 Å². The first-order valence-corrected chi connectivity index (χ1v) is 6.56. The SMILES string of the molecule is OC(c1ccc(C(F)(F)F)cc1)c1cccc(I)c1. The Balaban J connectivity index is 2.27. The van der Waals surface area contributed by atoms with Gasteiger partial charge in [-0.25, -0.2) is 0 Å². The van der Waals surface area contributed by atoms with E-state index in [9.17, 15) is 18.3 Å². The Morgan fingerprint density at radius 1 is 0.947 bits per heavy atom. The first-order valence-electron chi connectivity index (χ1n) is 5.48. The molecule has 0 heterocycles. The highest BCUT2D eigenvalue weighted by atomic mass is 127. The lowest BCUT2D eigenvalue weighted by Gasteiger charge is -2.13. The molecule has 5 heteroatoms. The predicted octanol–water partition coefficient (Wildman–Crippen LogP) is 4.39. The van der Waals surface area contributed by atoms with Gasteiger partial charge >= 0.3 is 6.18 Å². The van der Waals surface area contributed by atoms with E-state index in [4.69, 9.17) is 0 Å². The summed E-state index contributed by atoms with van der Waals surface area (Å²) >= 11 is 2.11.